The van der Waals surface area contributed by atoms with E-state index in [0.717, 1.165) is 17.3 Å². The number of benzene rings is 2. The lowest BCUT2D eigenvalue weighted by Gasteiger charge is -2.18. The zero-order chi connectivity index (χ0) is 20.1. The highest BCUT2D eigenvalue weighted by molar-refractivity contribution is 5.84. The van der Waals surface area contributed by atoms with Gasteiger partial charge in [0.1, 0.15) is 17.2 Å². The molecule has 144 valence electrons. The van der Waals surface area contributed by atoms with Gasteiger partial charge in [0.2, 0.25) is 5.95 Å². The van der Waals surface area contributed by atoms with Crippen molar-refractivity contribution in [2.24, 2.45) is 0 Å². The van der Waals surface area contributed by atoms with Crippen LogP contribution in [0.3, 0.4) is 0 Å². The molecule has 0 atom stereocenters. The molecule has 1 heterocycles. The van der Waals surface area contributed by atoms with Crippen LogP contribution in [0.15, 0.2) is 53.3 Å². The van der Waals surface area contributed by atoms with Gasteiger partial charge in [0.25, 0.3) is 5.56 Å². The Morgan fingerprint density at radius 1 is 1.21 bits per heavy atom. The number of para-hydroxylation sites is 1. The van der Waals surface area contributed by atoms with E-state index in [0.29, 0.717) is 30.4 Å². The van der Waals surface area contributed by atoms with Crippen LogP contribution in [-0.2, 0) is 6.42 Å². The minimum atomic E-state index is -0.336. The average molecular weight is 379 g/mol. The van der Waals surface area contributed by atoms with Gasteiger partial charge in [-0.3, -0.25) is 4.79 Å². The molecule has 6 nitrogen and oxygen atoms in total. The van der Waals surface area contributed by atoms with Crippen LogP contribution in [0.2, 0.25) is 0 Å². The molecule has 0 unspecified atom stereocenters. The van der Waals surface area contributed by atoms with Crippen molar-refractivity contribution >= 4 is 18.0 Å². The first-order chi connectivity index (χ1) is 13.5. The van der Waals surface area contributed by atoms with Crippen molar-refractivity contribution in [1.29, 1.82) is 5.41 Å². The molecule has 3 aromatic rings. The lowest BCUT2D eigenvalue weighted by Crippen LogP contribution is -2.29. The van der Waals surface area contributed by atoms with Crippen molar-refractivity contribution < 1.29 is 4.39 Å². The summed E-state index contributed by atoms with van der Waals surface area (Å²) in [6.07, 6.45) is 1.58. The Labute approximate surface area is 162 Å². The van der Waals surface area contributed by atoms with Gasteiger partial charge in [-0.15, -0.1) is 0 Å². The van der Waals surface area contributed by atoms with Crippen molar-refractivity contribution in [3.8, 4) is 5.69 Å². The molecule has 0 aliphatic carbocycles. The SMILES string of the molecule is CNc1nc(NCCc2cccc(F)c2)n(-c2ccccc2C)c(=O)c1C=N. The number of hydrogen-bond donors (Lipinski definition) is 3. The van der Waals surface area contributed by atoms with Gasteiger partial charge in [0.15, 0.2) is 0 Å². The number of anilines is 2. The maximum Gasteiger partial charge on any atom is 0.270 e. The van der Waals surface area contributed by atoms with Crippen LogP contribution < -0.4 is 16.2 Å². The van der Waals surface area contributed by atoms with Gasteiger partial charge in [-0.2, -0.15) is 4.98 Å². The smallest absolute Gasteiger partial charge is 0.270 e. The third-order valence-corrected chi connectivity index (χ3v) is 4.44. The maximum atomic E-state index is 13.4. The number of nitrogens with zero attached hydrogens (tertiary/aromatic N) is 2. The van der Waals surface area contributed by atoms with Crippen LogP contribution in [-0.4, -0.2) is 29.4 Å². The molecule has 0 fully saturated rings. The molecular formula is C21H22FN5O. The van der Waals surface area contributed by atoms with E-state index in [4.69, 9.17) is 5.41 Å². The van der Waals surface area contributed by atoms with Gasteiger partial charge in [0, 0.05) is 19.8 Å². The highest BCUT2D eigenvalue weighted by Gasteiger charge is 2.17. The summed E-state index contributed by atoms with van der Waals surface area (Å²) in [5, 5.41) is 13.7. The largest absolute Gasteiger partial charge is 0.372 e. The minimum Gasteiger partial charge on any atom is -0.372 e. The molecule has 3 N–H and O–H groups in total. The third kappa shape index (κ3) is 3.93. The second-order valence-corrected chi connectivity index (χ2v) is 6.33. The second kappa shape index (κ2) is 8.47. The Bertz CT molecular complexity index is 1060. The predicted molar refractivity (Wildman–Crippen MR) is 111 cm³/mol. The molecule has 2 aromatic carbocycles. The molecule has 0 bridgehead atoms. The van der Waals surface area contributed by atoms with Crippen molar-refractivity contribution in [1.82, 2.24) is 9.55 Å². The van der Waals surface area contributed by atoms with Gasteiger partial charge in [-0.1, -0.05) is 30.3 Å². The molecule has 0 saturated heterocycles. The van der Waals surface area contributed by atoms with Crippen molar-refractivity contribution in [2.45, 2.75) is 13.3 Å². The van der Waals surface area contributed by atoms with E-state index in [1.54, 1.807) is 13.1 Å². The molecular weight excluding hydrogens is 357 g/mol. The summed E-state index contributed by atoms with van der Waals surface area (Å²) in [7, 11) is 1.66. The molecule has 1 aromatic heterocycles. The van der Waals surface area contributed by atoms with E-state index in [-0.39, 0.29) is 16.9 Å². The number of nitrogens with one attached hydrogen (secondary N) is 3. The summed E-state index contributed by atoms with van der Waals surface area (Å²) < 4.78 is 14.8. The van der Waals surface area contributed by atoms with Crippen LogP contribution in [0.25, 0.3) is 5.69 Å². The topological polar surface area (TPSA) is 82.8 Å². The first kappa shape index (κ1) is 19.3. The fraction of sp³-hybridized carbons (Fsp3) is 0.190. The van der Waals surface area contributed by atoms with Crippen molar-refractivity contribution in [3.05, 3.63) is 81.4 Å². The van der Waals surface area contributed by atoms with E-state index >= 15 is 0 Å². The molecule has 0 amide bonds. The molecule has 3 rings (SSSR count). The zero-order valence-corrected chi connectivity index (χ0v) is 15.8. The number of halogens is 1. The maximum absolute atomic E-state index is 13.4. The molecule has 0 saturated carbocycles. The third-order valence-electron chi connectivity index (χ3n) is 4.44. The van der Waals surface area contributed by atoms with Crippen LogP contribution in [0, 0.1) is 18.2 Å². The fourth-order valence-electron chi connectivity index (χ4n) is 3.02. The van der Waals surface area contributed by atoms with E-state index in [2.05, 4.69) is 15.6 Å². The van der Waals surface area contributed by atoms with Crippen LogP contribution >= 0.6 is 0 Å². The summed E-state index contributed by atoms with van der Waals surface area (Å²) in [5.74, 6) is 0.420. The Kier molecular flexibility index (Phi) is 5.84. The first-order valence-electron chi connectivity index (χ1n) is 8.94. The predicted octanol–water partition coefficient (Wildman–Crippen LogP) is 3.37. The summed E-state index contributed by atoms with van der Waals surface area (Å²) in [6.45, 7) is 2.38. The second-order valence-electron chi connectivity index (χ2n) is 6.33. The number of rotatable bonds is 7. The fourth-order valence-corrected chi connectivity index (χ4v) is 3.02. The van der Waals surface area contributed by atoms with Crippen LogP contribution in [0.5, 0.6) is 0 Å². The monoisotopic (exact) mass is 379 g/mol. The first-order valence-corrected chi connectivity index (χ1v) is 8.94. The quantitative estimate of drug-likeness (QED) is 0.550. The van der Waals surface area contributed by atoms with E-state index in [1.165, 1.54) is 16.7 Å². The lowest BCUT2D eigenvalue weighted by atomic mass is 10.1. The van der Waals surface area contributed by atoms with Gasteiger partial charge < -0.3 is 16.0 Å². The Morgan fingerprint density at radius 2 is 2.00 bits per heavy atom. The number of hydrogen-bond acceptors (Lipinski definition) is 5. The Hall–Kier alpha value is -3.48. The van der Waals surface area contributed by atoms with Gasteiger partial charge in [-0.05, 0) is 42.7 Å². The number of aryl methyl sites for hydroxylation is 1. The summed E-state index contributed by atoms with van der Waals surface area (Å²) in [5.41, 5.74) is 2.30. The van der Waals surface area contributed by atoms with Gasteiger partial charge >= 0.3 is 0 Å². The summed E-state index contributed by atoms with van der Waals surface area (Å²) in [4.78, 5) is 17.6. The normalized spacial score (nSPS) is 10.5. The van der Waals surface area contributed by atoms with Crippen molar-refractivity contribution in [2.75, 3.05) is 24.2 Å². The molecule has 7 heteroatoms. The molecule has 0 aliphatic rings. The van der Waals surface area contributed by atoms with E-state index in [1.807, 2.05) is 37.3 Å². The molecule has 0 aliphatic heterocycles. The standard InChI is InChI=1S/C21H22FN5O/c1-14-6-3-4-9-18(14)27-20(28)17(13-23)19(24-2)26-21(27)25-11-10-15-7-5-8-16(22)12-15/h3-9,12-13,23-24H,10-11H2,1-2H3,(H,25,26). The Balaban J connectivity index is 2.01. The van der Waals surface area contributed by atoms with Gasteiger partial charge in [-0.25, -0.2) is 8.96 Å². The van der Waals surface area contributed by atoms with E-state index < -0.39 is 0 Å². The zero-order valence-electron chi connectivity index (χ0n) is 15.8. The number of aromatic nitrogens is 2. The van der Waals surface area contributed by atoms with Crippen LogP contribution in [0.4, 0.5) is 16.2 Å². The summed E-state index contributed by atoms with van der Waals surface area (Å²) >= 11 is 0. The van der Waals surface area contributed by atoms with E-state index in [9.17, 15) is 9.18 Å². The van der Waals surface area contributed by atoms with Crippen molar-refractivity contribution in [3.63, 3.8) is 0 Å². The molecule has 28 heavy (non-hydrogen) atoms. The lowest BCUT2D eigenvalue weighted by molar-refractivity contribution is 0.625. The minimum absolute atomic E-state index is 0.182. The Morgan fingerprint density at radius 3 is 2.68 bits per heavy atom. The summed E-state index contributed by atoms with van der Waals surface area (Å²) in [6, 6.07) is 13.9. The molecule has 0 spiro atoms. The van der Waals surface area contributed by atoms with Gasteiger partial charge in [0.05, 0.1) is 5.69 Å². The highest BCUT2D eigenvalue weighted by Crippen LogP contribution is 2.19. The van der Waals surface area contributed by atoms with Crippen LogP contribution in [0.1, 0.15) is 16.7 Å². The average Bonchev–Trinajstić information content (AvgIpc) is 2.68. The highest BCUT2D eigenvalue weighted by atomic mass is 19.1. The molecule has 0 radical (unpaired) electrons.